The minimum absolute atomic E-state index is 0.0742. The van der Waals surface area contributed by atoms with E-state index in [2.05, 4.69) is 69.5 Å². The average molecular weight is 336 g/mol. The van der Waals surface area contributed by atoms with E-state index in [0.29, 0.717) is 0 Å². The molecule has 0 aliphatic carbocycles. The Morgan fingerprint density at radius 3 is 2.22 bits per heavy atom. The maximum Gasteiger partial charge on any atom is 0.233 e. The molecule has 2 rings (SSSR count). The molecule has 1 aliphatic heterocycles. The van der Waals surface area contributed by atoms with E-state index in [-0.39, 0.29) is 28.3 Å². The van der Waals surface area contributed by atoms with Gasteiger partial charge in [-0.3, -0.25) is 4.79 Å². The van der Waals surface area contributed by atoms with E-state index in [0.717, 1.165) is 17.7 Å². The van der Waals surface area contributed by atoms with Crippen molar-refractivity contribution in [2.45, 2.75) is 81.6 Å². The van der Waals surface area contributed by atoms with E-state index >= 15 is 0 Å². The first-order valence-electron chi connectivity index (χ1n) is 8.47. The molecule has 0 aromatic heterocycles. The molecular weight excluding hydrogens is 304 g/mol. The number of carbonyl (C=O) groups is 1. The first-order chi connectivity index (χ1) is 10.6. The Hall–Kier alpha value is -1.00. The smallest absolute Gasteiger partial charge is 0.233 e. The molecule has 128 valence electrons. The molecule has 0 radical (unpaired) electrons. The summed E-state index contributed by atoms with van der Waals surface area (Å²) in [6.07, 6.45) is 2.04. The second-order valence-electron chi connectivity index (χ2n) is 8.31. The van der Waals surface area contributed by atoms with Gasteiger partial charge in [-0.2, -0.15) is 0 Å². The lowest BCUT2D eigenvalue weighted by Crippen LogP contribution is -3.06. The molecule has 1 aliphatic rings. The van der Waals surface area contributed by atoms with Crippen LogP contribution < -0.4 is 10.6 Å². The Labute approximate surface area is 145 Å². The molecule has 1 saturated heterocycles. The first-order valence-corrected chi connectivity index (χ1v) is 9.35. The third-order valence-electron chi connectivity index (χ3n) is 4.38. The molecule has 1 atom stereocenters. The number of thioether (sulfide) groups is 1. The van der Waals surface area contributed by atoms with Crippen molar-refractivity contribution in [1.29, 1.82) is 0 Å². The topological polar surface area (TPSA) is 45.7 Å². The highest BCUT2D eigenvalue weighted by Gasteiger charge is 2.42. The number of aryl methyl sites for hydroxylation is 1. The van der Waals surface area contributed by atoms with Gasteiger partial charge >= 0.3 is 0 Å². The Morgan fingerprint density at radius 1 is 1.17 bits per heavy atom. The molecule has 1 aromatic rings. The Morgan fingerprint density at radius 2 is 1.70 bits per heavy atom. The number of benzene rings is 1. The number of piperidine rings is 1. The van der Waals surface area contributed by atoms with Crippen LogP contribution in [-0.2, 0) is 4.79 Å². The van der Waals surface area contributed by atoms with E-state index in [1.807, 2.05) is 6.92 Å². The van der Waals surface area contributed by atoms with Crippen LogP contribution in [0.2, 0.25) is 0 Å². The summed E-state index contributed by atoms with van der Waals surface area (Å²) >= 11 is 1.63. The normalized spacial score (nSPS) is 21.7. The van der Waals surface area contributed by atoms with Crippen LogP contribution in [-0.4, -0.2) is 28.3 Å². The van der Waals surface area contributed by atoms with Gasteiger partial charge in [0, 0.05) is 23.8 Å². The third kappa shape index (κ3) is 5.54. The fraction of sp³-hybridized carbons (Fsp3) is 0.632. The summed E-state index contributed by atoms with van der Waals surface area (Å²) in [5.41, 5.74) is 1.59. The summed E-state index contributed by atoms with van der Waals surface area (Å²) in [7, 11) is 0. The first kappa shape index (κ1) is 18.3. The van der Waals surface area contributed by atoms with Gasteiger partial charge < -0.3 is 10.6 Å². The number of carbonyl (C=O) groups excluding carboxylic acids is 1. The Balaban J connectivity index is 1.94. The molecule has 23 heavy (non-hydrogen) atoms. The lowest BCUT2D eigenvalue weighted by atomic mass is 9.79. The number of nitrogens with two attached hydrogens (primary N) is 1. The van der Waals surface area contributed by atoms with Gasteiger partial charge in [0.2, 0.25) is 5.91 Å². The Bertz CT molecular complexity index is 535. The molecule has 0 spiro atoms. The van der Waals surface area contributed by atoms with Crippen molar-refractivity contribution in [3.63, 3.8) is 0 Å². The lowest BCUT2D eigenvalue weighted by molar-refractivity contribution is -0.787. The highest BCUT2D eigenvalue weighted by atomic mass is 32.2. The van der Waals surface area contributed by atoms with E-state index in [9.17, 15) is 4.79 Å². The largest absolute Gasteiger partial charge is 0.352 e. The number of hydrogen-bond donors (Lipinski definition) is 2. The predicted molar refractivity (Wildman–Crippen MR) is 97.7 cm³/mol. The number of nitrogens with one attached hydrogen (secondary N) is 1. The van der Waals surface area contributed by atoms with Gasteiger partial charge in [0.05, 0.1) is 16.3 Å². The predicted octanol–water partition coefficient (Wildman–Crippen LogP) is 2.87. The minimum Gasteiger partial charge on any atom is -0.352 e. The quantitative estimate of drug-likeness (QED) is 0.831. The monoisotopic (exact) mass is 335 g/mol. The van der Waals surface area contributed by atoms with Crippen LogP contribution in [0.25, 0.3) is 0 Å². The van der Waals surface area contributed by atoms with Gasteiger partial charge in [0.25, 0.3) is 0 Å². The van der Waals surface area contributed by atoms with Crippen LogP contribution in [0, 0.1) is 6.92 Å². The van der Waals surface area contributed by atoms with Gasteiger partial charge in [-0.05, 0) is 53.7 Å². The second kappa shape index (κ2) is 6.86. The zero-order valence-electron chi connectivity index (χ0n) is 15.3. The summed E-state index contributed by atoms with van der Waals surface area (Å²) in [6.45, 7) is 13.1. The maximum absolute atomic E-state index is 12.6. The lowest BCUT2D eigenvalue weighted by Gasteiger charge is -2.43. The molecular formula is C19H31N2OS+. The van der Waals surface area contributed by atoms with Gasteiger partial charge in [0.1, 0.15) is 0 Å². The maximum atomic E-state index is 12.6. The van der Waals surface area contributed by atoms with Gasteiger partial charge in [0.15, 0.2) is 0 Å². The molecule has 1 heterocycles. The fourth-order valence-corrected chi connectivity index (χ4v) is 4.69. The zero-order valence-corrected chi connectivity index (χ0v) is 16.1. The van der Waals surface area contributed by atoms with Crippen molar-refractivity contribution >= 4 is 17.7 Å². The van der Waals surface area contributed by atoms with Crippen LogP contribution in [0.5, 0.6) is 0 Å². The molecule has 1 amide bonds. The summed E-state index contributed by atoms with van der Waals surface area (Å²) in [6, 6.07) is 8.62. The minimum atomic E-state index is -0.0742. The highest BCUT2D eigenvalue weighted by molar-refractivity contribution is 8.00. The van der Waals surface area contributed by atoms with Gasteiger partial charge in [-0.1, -0.05) is 17.7 Å². The fourth-order valence-electron chi connectivity index (χ4n) is 3.81. The van der Waals surface area contributed by atoms with Crippen molar-refractivity contribution in [2.24, 2.45) is 0 Å². The number of hydrogen-bond acceptors (Lipinski definition) is 2. The zero-order chi connectivity index (χ0) is 17.3. The standard InChI is InChI=1S/C19H30N2OS/c1-13-7-9-16(10-8-13)23-14(2)17(22)20-15-11-18(3,4)21-19(5,6)12-15/h7-10,14-15,21H,11-12H2,1-6H3,(H,20,22)/p+1/t14-/m1/s1. The molecule has 0 saturated carbocycles. The molecule has 1 fully saturated rings. The van der Waals surface area contributed by atoms with Crippen molar-refractivity contribution in [3.05, 3.63) is 29.8 Å². The molecule has 4 heteroatoms. The molecule has 0 bridgehead atoms. The van der Waals surface area contributed by atoms with E-state index in [1.165, 1.54) is 5.56 Å². The number of rotatable bonds is 4. The molecule has 3 N–H and O–H groups in total. The van der Waals surface area contributed by atoms with Crippen LogP contribution in [0.15, 0.2) is 29.2 Å². The summed E-state index contributed by atoms with van der Waals surface area (Å²) in [5.74, 6) is 0.147. The van der Waals surface area contributed by atoms with Gasteiger partial charge in [-0.15, -0.1) is 11.8 Å². The Kier molecular flexibility index (Phi) is 5.47. The van der Waals surface area contributed by atoms with Crippen molar-refractivity contribution < 1.29 is 10.1 Å². The van der Waals surface area contributed by atoms with Crippen LogP contribution in [0.3, 0.4) is 0 Å². The van der Waals surface area contributed by atoms with Crippen molar-refractivity contribution in [3.8, 4) is 0 Å². The van der Waals surface area contributed by atoms with Crippen LogP contribution in [0.1, 0.15) is 53.0 Å². The third-order valence-corrected chi connectivity index (χ3v) is 5.49. The second-order valence-corrected chi connectivity index (χ2v) is 9.72. The van der Waals surface area contributed by atoms with Crippen LogP contribution in [0.4, 0.5) is 0 Å². The van der Waals surface area contributed by atoms with Gasteiger partial charge in [-0.25, -0.2) is 0 Å². The summed E-state index contributed by atoms with van der Waals surface area (Å²) in [5, 5.41) is 5.65. The molecule has 3 nitrogen and oxygen atoms in total. The van der Waals surface area contributed by atoms with E-state index < -0.39 is 0 Å². The SMILES string of the molecule is Cc1ccc(S[C@H](C)C(=O)NC2CC(C)(C)[NH2+]C(C)(C)C2)cc1. The van der Waals surface area contributed by atoms with E-state index in [4.69, 9.17) is 0 Å². The van der Waals surface area contributed by atoms with Crippen molar-refractivity contribution in [1.82, 2.24) is 5.32 Å². The van der Waals surface area contributed by atoms with E-state index in [1.54, 1.807) is 11.8 Å². The number of quaternary nitrogens is 1. The molecule has 1 aromatic carbocycles. The average Bonchev–Trinajstić information content (AvgIpc) is 2.37. The summed E-state index contributed by atoms with van der Waals surface area (Å²) < 4.78 is 0. The van der Waals surface area contributed by atoms with Crippen LogP contribution >= 0.6 is 11.8 Å². The van der Waals surface area contributed by atoms with Crippen molar-refractivity contribution in [2.75, 3.05) is 0 Å². The number of amides is 1. The molecule has 0 unspecified atom stereocenters. The highest BCUT2D eigenvalue weighted by Crippen LogP contribution is 2.25. The summed E-state index contributed by atoms with van der Waals surface area (Å²) in [4.78, 5) is 13.7.